The van der Waals surface area contributed by atoms with Crippen molar-refractivity contribution in [1.29, 1.82) is 0 Å². The second kappa shape index (κ2) is 15.4. The van der Waals surface area contributed by atoms with Crippen molar-refractivity contribution in [2.24, 2.45) is 56.7 Å². The first-order valence-electron chi connectivity index (χ1n) is 21.3. The number of amides is 1. The molecule has 7 heteroatoms. The molecule has 10 atom stereocenters. The van der Waals surface area contributed by atoms with Gasteiger partial charge in [-0.25, -0.2) is 4.79 Å². The van der Waals surface area contributed by atoms with E-state index < -0.39 is 5.60 Å². The SMILES string of the molecule is CCC1CC=C(C2=CC[C@]3(C)[C@H]4CC[C@@H]5[C@H]6[C@H](NC(=O)OC(C)(C)C)CC[C@]6(C(=O)CCCN(C)C)CC[C@@]5(C)[C@]4(C)CC[C@H]3C2(C)C)CC1.O=C=O. The van der Waals surface area contributed by atoms with Crippen molar-refractivity contribution in [3.05, 3.63) is 23.3 Å². The molecule has 0 heterocycles. The second-order valence-electron chi connectivity index (χ2n) is 20.9. The molecule has 6 aliphatic rings. The number of rotatable bonds is 8. The number of nitrogens with one attached hydrogen (secondary N) is 1. The van der Waals surface area contributed by atoms with E-state index in [2.05, 4.69) is 78.0 Å². The number of ether oxygens (including phenoxy) is 1. The molecule has 0 spiro atoms. The number of hydrogen-bond donors (Lipinski definition) is 1. The van der Waals surface area contributed by atoms with Gasteiger partial charge in [-0.3, -0.25) is 4.79 Å². The van der Waals surface area contributed by atoms with E-state index in [0.29, 0.717) is 30.0 Å². The van der Waals surface area contributed by atoms with Crippen molar-refractivity contribution in [2.45, 2.75) is 170 Å². The van der Waals surface area contributed by atoms with Crippen LogP contribution in [-0.2, 0) is 19.1 Å². The molecule has 0 aromatic carbocycles. The average Bonchev–Trinajstić information content (AvgIpc) is 3.43. The average molecular weight is 735 g/mol. The first-order chi connectivity index (χ1) is 24.7. The number of Topliss-reactive ketones (excluding diaryl/α,β-unsaturated/α-hetero) is 1. The molecule has 0 bridgehead atoms. The van der Waals surface area contributed by atoms with Gasteiger partial charge in [0.05, 0.1) is 0 Å². The molecule has 0 aromatic rings. The quantitative estimate of drug-likeness (QED) is 0.267. The van der Waals surface area contributed by atoms with Crippen LogP contribution in [0.25, 0.3) is 0 Å². The minimum Gasteiger partial charge on any atom is -0.444 e. The molecule has 7 nitrogen and oxygen atoms in total. The number of fused-ring (bicyclic) bond motifs is 7. The second-order valence-corrected chi connectivity index (χ2v) is 20.9. The van der Waals surface area contributed by atoms with Crippen LogP contribution in [0.1, 0.15) is 159 Å². The minimum absolute atomic E-state index is 0.00507. The summed E-state index contributed by atoms with van der Waals surface area (Å²) in [5.74, 6) is 3.30. The van der Waals surface area contributed by atoms with Crippen LogP contribution in [0.15, 0.2) is 23.3 Å². The summed E-state index contributed by atoms with van der Waals surface area (Å²) in [6, 6.07) is -0.00507. The number of alkyl carbamates (subject to hydrolysis) is 1. The van der Waals surface area contributed by atoms with Crippen LogP contribution in [0.5, 0.6) is 0 Å². The Hall–Kier alpha value is -2.24. The number of hydrogen-bond acceptors (Lipinski definition) is 6. The predicted molar refractivity (Wildman–Crippen MR) is 211 cm³/mol. The number of nitrogens with zero attached hydrogens (tertiary/aromatic N) is 1. The number of ketones is 1. The van der Waals surface area contributed by atoms with Gasteiger partial charge in [-0.2, -0.15) is 9.59 Å². The third kappa shape index (κ3) is 7.41. The minimum atomic E-state index is -0.546. The standard InChI is InChI=1S/C45H74N2O3.CO2/c1-12-30-15-17-31(18-16-30)32-21-24-42(7)35(41(32,5)6)23-25-44(9)36(42)20-19-33-38-34(46-39(49)50-40(2,3)4)22-26-45(38,28-27-43(33,44)8)37(48)14-13-29-47(10)11;2-1-3/h17,21,30,33-36,38H,12-16,18-20,22-29H2,1-11H3,(H,46,49);/t30?,33-,34-,35+,36-,38+,42+,43-,44-,45-;/m1./s1. The fraction of sp³-hybridized carbons (Fsp3) is 0.848. The van der Waals surface area contributed by atoms with Crippen LogP contribution >= 0.6 is 0 Å². The topological polar surface area (TPSA) is 92.8 Å². The van der Waals surface area contributed by atoms with Crippen molar-refractivity contribution in [1.82, 2.24) is 10.2 Å². The highest BCUT2D eigenvalue weighted by atomic mass is 16.6. The summed E-state index contributed by atoms with van der Waals surface area (Å²) in [6.45, 7) is 22.3. The largest absolute Gasteiger partial charge is 0.444 e. The van der Waals surface area contributed by atoms with E-state index in [1.165, 1.54) is 57.8 Å². The summed E-state index contributed by atoms with van der Waals surface area (Å²) in [4.78, 5) is 46.3. The molecular formula is C46H74N2O5. The molecule has 0 aromatic heterocycles. The van der Waals surface area contributed by atoms with E-state index in [0.717, 1.165) is 44.6 Å². The Balaban J connectivity index is 0.00000175. The van der Waals surface area contributed by atoms with Gasteiger partial charge in [0, 0.05) is 17.9 Å². The molecule has 4 saturated carbocycles. The number of carbonyl (C=O) groups excluding carboxylic acids is 4. The molecule has 4 fully saturated rings. The Morgan fingerprint density at radius 1 is 0.906 bits per heavy atom. The van der Waals surface area contributed by atoms with Gasteiger partial charge >= 0.3 is 12.2 Å². The van der Waals surface area contributed by atoms with Gasteiger partial charge in [0.2, 0.25) is 0 Å². The Morgan fingerprint density at radius 2 is 1.60 bits per heavy atom. The van der Waals surface area contributed by atoms with E-state index in [1.807, 2.05) is 20.8 Å². The number of allylic oxidation sites excluding steroid dienone is 4. The fourth-order valence-electron chi connectivity index (χ4n) is 14.2. The molecule has 6 aliphatic carbocycles. The summed E-state index contributed by atoms with van der Waals surface area (Å²) in [7, 11) is 4.20. The van der Waals surface area contributed by atoms with E-state index in [4.69, 9.17) is 14.3 Å². The first-order valence-corrected chi connectivity index (χ1v) is 21.3. The highest BCUT2D eigenvalue weighted by Gasteiger charge is 2.71. The summed E-state index contributed by atoms with van der Waals surface area (Å²) in [6.07, 6.45) is 22.1. The lowest BCUT2D eigenvalue weighted by molar-refractivity contribution is -0.225. The maximum Gasteiger partial charge on any atom is 0.407 e. The van der Waals surface area contributed by atoms with Crippen LogP contribution in [0, 0.1) is 56.7 Å². The molecule has 0 radical (unpaired) electrons. The van der Waals surface area contributed by atoms with Gasteiger partial charge in [0.1, 0.15) is 11.4 Å². The van der Waals surface area contributed by atoms with E-state index in [9.17, 15) is 9.59 Å². The van der Waals surface area contributed by atoms with Crippen molar-refractivity contribution in [3.63, 3.8) is 0 Å². The summed E-state index contributed by atoms with van der Waals surface area (Å²) in [5.41, 5.74) is 3.27. The Kier molecular flexibility index (Phi) is 12.1. The third-order valence-electron chi connectivity index (χ3n) is 16.7. The highest BCUT2D eigenvalue weighted by Crippen LogP contribution is 2.77. The Morgan fingerprint density at radius 3 is 2.21 bits per heavy atom. The van der Waals surface area contributed by atoms with E-state index in [-0.39, 0.29) is 51.3 Å². The normalized spacial score (nSPS) is 40.1. The van der Waals surface area contributed by atoms with Gasteiger partial charge in [-0.05, 0) is 187 Å². The van der Waals surface area contributed by atoms with Crippen molar-refractivity contribution >= 4 is 18.0 Å². The number of carbonyl (C=O) groups is 2. The van der Waals surface area contributed by atoms with Gasteiger partial charge in [0.15, 0.2) is 0 Å². The zero-order valence-corrected chi connectivity index (χ0v) is 35.4. The molecular weight excluding hydrogens is 661 g/mol. The van der Waals surface area contributed by atoms with Gasteiger partial charge in [-0.1, -0.05) is 60.1 Å². The van der Waals surface area contributed by atoms with Gasteiger partial charge < -0.3 is 15.0 Å². The Labute approximate surface area is 322 Å². The molecule has 1 N–H and O–H groups in total. The molecule has 298 valence electrons. The summed E-state index contributed by atoms with van der Waals surface area (Å²) in [5, 5.41) is 3.39. The fourth-order valence-corrected chi connectivity index (χ4v) is 14.2. The van der Waals surface area contributed by atoms with Crippen LogP contribution in [0.2, 0.25) is 0 Å². The smallest absolute Gasteiger partial charge is 0.407 e. The summed E-state index contributed by atoms with van der Waals surface area (Å²) >= 11 is 0. The van der Waals surface area contributed by atoms with Crippen molar-refractivity contribution in [2.75, 3.05) is 20.6 Å². The monoisotopic (exact) mass is 735 g/mol. The zero-order valence-electron chi connectivity index (χ0n) is 35.4. The molecule has 53 heavy (non-hydrogen) atoms. The molecule has 0 aliphatic heterocycles. The lowest BCUT2D eigenvalue weighted by atomic mass is 9.32. The van der Waals surface area contributed by atoms with Crippen molar-refractivity contribution < 1.29 is 23.9 Å². The highest BCUT2D eigenvalue weighted by molar-refractivity contribution is 5.86. The maximum atomic E-state index is 14.5. The molecule has 0 saturated heterocycles. The predicted octanol–water partition coefficient (Wildman–Crippen LogP) is 10.3. The van der Waals surface area contributed by atoms with Crippen LogP contribution in [0.3, 0.4) is 0 Å². The molecule has 1 unspecified atom stereocenters. The molecule has 1 amide bonds. The van der Waals surface area contributed by atoms with Crippen LogP contribution < -0.4 is 5.32 Å². The molecule has 6 rings (SSSR count). The first kappa shape index (κ1) is 41.9. The van der Waals surface area contributed by atoms with Gasteiger partial charge in [-0.15, -0.1) is 0 Å². The van der Waals surface area contributed by atoms with Crippen LogP contribution in [-0.4, -0.2) is 55.2 Å². The summed E-state index contributed by atoms with van der Waals surface area (Å²) < 4.78 is 5.84. The maximum absolute atomic E-state index is 14.5. The lowest BCUT2D eigenvalue weighted by Gasteiger charge is -2.72. The van der Waals surface area contributed by atoms with E-state index >= 15 is 0 Å². The van der Waals surface area contributed by atoms with E-state index in [1.54, 1.807) is 11.1 Å². The zero-order chi connectivity index (χ0) is 39.2. The van der Waals surface area contributed by atoms with Crippen molar-refractivity contribution in [3.8, 4) is 0 Å². The lowest BCUT2D eigenvalue weighted by Crippen LogP contribution is -2.66. The van der Waals surface area contributed by atoms with Crippen LogP contribution in [0.4, 0.5) is 4.79 Å². The van der Waals surface area contributed by atoms with Gasteiger partial charge in [0.25, 0.3) is 0 Å². The third-order valence-corrected chi connectivity index (χ3v) is 16.7. The Bertz CT molecular complexity index is 1470.